The molecule has 0 aliphatic carbocycles. The molecule has 6 nitrogen and oxygen atoms in total. The summed E-state index contributed by atoms with van der Waals surface area (Å²) in [5, 5.41) is 3.40. The molecule has 1 saturated heterocycles. The highest BCUT2D eigenvalue weighted by molar-refractivity contribution is 6.32. The van der Waals surface area contributed by atoms with Gasteiger partial charge in [-0.2, -0.15) is 0 Å². The summed E-state index contributed by atoms with van der Waals surface area (Å²) in [6.07, 6.45) is 0. The maximum absolute atomic E-state index is 11.7. The van der Waals surface area contributed by atoms with E-state index in [1.165, 1.54) is 4.90 Å². The van der Waals surface area contributed by atoms with Gasteiger partial charge in [-0.25, -0.2) is 4.98 Å². The average molecular weight is 318 g/mol. The molecule has 0 saturated carbocycles. The van der Waals surface area contributed by atoms with Crippen molar-refractivity contribution in [1.29, 1.82) is 0 Å². The summed E-state index contributed by atoms with van der Waals surface area (Å²) < 4.78 is 5.09. The van der Waals surface area contributed by atoms with E-state index in [4.69, 9.17) is 27.9 Å². The van der Waals surface area contributed by atoms with Crippen LogP contribution < -0.4 is 5.32 Å². The molecule has 1 fully saturated rings. The van der Waals surface area contributed by atoms with Gasteiger partial charge >= 0.3 is 5.97 Å². The number of pyridine rings is 1. The molecule has 2 heterocycles. The van der Waals surface area contributed by atoms with Gasteiger partial charge in [-0.15, -0.1) is 0 Å². The zero-order valence-electron chi connectivity index (χ0n) is 10.6. The standard InChI is InChI=1S/C12H13Cl2N3O3/c13-9-3-8(4-10(14)16-9)7-20-12(19)6-17-2-1-15-5-11(17)18/h3-4,15H,1-2,5-7H2. The minimum absolute atomic E-state index is 0.0427. The summed E-state index contributed by atoms with van der Waals surface area (Å²) in [6.45, 7) is 1.42. The first kappa shape index (κ1) is 15.0. The Morgan fingerprint density at radius 1 is 1.40 bits per heavy atom. The highest BCUT2D eigenvalue weighted by Gasteiger charge is 2.20. The molecule has 1 aromatic heterocycles. The van der Waals surface area contributed by atoms with Crippen molar-refractivity contribution in [3.63, 3.8) is 0 Å². The first-order valence-electron chi connectivity index (χ1n) is 6.00. The Hall–Kier alpha value is -1.37. The van der Waals surface area contributed by atoms with Crippen molar-refractivity contribution in [2.24, 2.45) is 0 Å². The fourth-order valence-corrected chi connectivity index (χ4v) is 2.28. The van der Waals surface area contributed by atoms with Crippen molar-refractivity contribution in [3.8, 4) is 0 Å². The van der Waals surface area contributed by atoms with Crippen LogP contribution in [0, 0.1) is 0 Å². The first-order valence-corrected chi connectivity index (χ1v) is 6.76. The second-order valence-electron chi connectivity index (χ2n) is 4.27. The number of halogens is 2. The van der Waals surface area contributed by atoms with Crippen molar-refractivity contribution in [2.75, 3.05) is 26.2 Å². The van der Waals surface area contributed by atoms with E-state index in [1.54, 1.807) is 12.1 Å². The van der Waals surface area contributed by atoms with Crippen LogP contribution in [-0.2, 0) is 20.9 Å². The zero-order chi connectivity index (χ0) is 14.5. The number of aromatic nitrogens is 1. The molecule has 108 valence electrons. The number of ether oxygens (including phenoxy) is 1. The molecule has 1 aromatic rings. The van der Waals surface area contributed by atoms with Crippen LogP contribution in [0.15, 0.2) is 12.1 Å². The van der Waals surface area contributed by atoms with Gasteiger partial charge in [0.2, 0.25) is 5.91 Å². The van der Waals surface area contributed by atoms with Crippen molar-refractivity contribution >= 4 is 35.1 Å². The number of hydrogen-bond donors (Lipinski definition) is 1. The predicted molar refractivity (Wildman–Crippen MR) is 73.5 cm³/mol. The zero-order valence-corrected chi connectivity index (χ0v) is 12.1. The molecule has 1 aliphatic rings. The Kier molecular flexibility index (Phi) is 5.17. The molecular formula is C12H13Cl2N3O3. The van der Waals surface area contributed by atoms with Crippen LogP contribution in [0.25, 0.3) is 0 Å². The Labute approximate surface area is 126 Å². The van der Waals surface area contributed by atoms with Crippen molar-refractivity contribution in [2.45, 2.75) is 6.61 Å². The first-order chi connectivity index (χ1) is 9.54. The molecule has 0 unspecified atom stereocenters. The lowest BCUT2D eigenvalue weighted by Gasteiger charge is -2.26. The maximum atomic E-state index is 11.7. The van der Waals surface area contributed by atoms with E-state index >= 15 is 0 Å². The fourth-order valence-electron chi connectivity index (χ4n) is 1.78. The Morgan fingerprint density at radius 3 is 2.75 bits per heavy atom. The largest absolute Gasteiger partial charge is 0.459 e. The van der Waals surface area contributed by atoms with Gasteiger partial charge in [0.15, 0.2) is 0 Å². The van der Waals surface area contributed by atoms with E-state index in [1.807, 2.05) is 0 Å². The number of carbonyl (C=O) groups excluding carboxylic acids is 2. The van der Waals surface area contributed by atoms with E-state index in [2.05, 4.69) is 10.3 Å². The lowest BCUT2D eigenvalue weighted by molar-refractivity contribution is -0.150. The van der Waals surface area contributed by atoms with Gasteiger partial charge in [0.05, 0.1) is 6.54 Å². The molecule has 0 aromatic carbocycles. The van der Waals surface area contributed by atoms with Gasteiger partial charge < -0.3 is 15.0 Å². The second-order valence-corrected chi connectivity index (χ2v) is 5.05. The number of esters is 1. The van der Waals surface area contributed by atoms with Crippen LogP contribution in [0.5, 0.6) is 0 Å². The number of nitrogens with zero attached hydrogens (tertiary/aromatic N) is 2. The molecule has 0 spiro atoms. The topological polar surface area (TPSA) is 71.5 Å². The molecule has 20 heavy (non-hydrogen) atoms. The molecule has 0 bridgehead atoms. The Bertz CT molecular complexity index is 504. The smallest absolute Gasteiger partial charge is 0.325 e. The van der Waals surface area contributed by atoms with Gasteiger partial charge in [-0.05, 0) is 17.7 Å². The number of carbonyl (C=O) groups is 2. The van der Waals surface area contributed by atoms with Crippen LogP contribution >= 0.6 is 23.2 Å². The minimum Gasteiger partial charge on any atom is -0.459 e. The summed E-state index contributed by atoms with van der Waals surface area (Å²) >= 11 is 11.5. The number of nitrogens with one attached hydrogen (secondary N) is 1. The normalized spacial score (nSPS) is 15.3. The monoisotopic (exact) mass is 317 g/mol. The van der Waals surface area contributed by atoms with Gasteiger partial charge in [-0.3, -0.25) is 9.59 Å². The van der Waals surface area contributed by atoms with Gasteiger partial charge in [-0.1, -0.05) is 23.2 Å². The molecule has 2 rings (SSSR count). The van der Waals surface area contributed by atoms with Crippen LogP contribution in [0.3, 0.4) is 0 Å². The SMILES string of the molecule is O=C(CN1CCNCC1=O)OCc1cc(Cl)nc(Cl)c1. The lowest BCUT2D eigenvalue weighted by atomic mass is 10.3. The molecule has 1 N–H and O–H groups in total. The van der Waals surface area contributed by atoms with E-state index in [0.717, 1.165) is 0 Å². The van der Waals surface area contributed by atoms with E-state index in [-0.39, 0.29) is 35.9 Å². The molecule has 0 atom stereocenters. The third kappa shape index (κ3) is 4.33. The van der Waals surface area contributed by atoms with E-state index < -0.39 is 5.97 Å². The third-order valence-corrected chi connectivity index (χ3v) is 3.12. The number of rotatable bonds is 4. The lowest BCUT2D eigenvalue weighted by Crippen LogP contribution is -2.49. The number of piperazine rings is 1. The van der Waals surface area contributed by atoms with Gasteiger partial charge in [0, 0.05) is 13.1 Å². The third-order valence-electron chi connectivity index (χ3n) is 2.73. The molecule has 1 amide bonds. The van der Waals surface area contributed by atoms with Crippen LogP contribution in [0.4, 0.5) is 0 Å². The fraction of sp³-hybridized carbons (Fsp3) is 0.417. The van der Waals surface area contributed by atoms with Crippen LogP contribution in [0.1, 0.15) is 5.56 Å². The molecule has 0 radical (unpaired) electrons. The summed E-state index contributed by atoms with van der Waals surface area (Å²) in [5.74, 6) is -0.576. The second kappa shape index (κ2) is 6.88. The van der Waals surface area contributed by atoms with Crippen molar-refractivity contribution in [3.05, 3.63) is 28.0 Å². The Morgan fingerprint density at radius 2 is 2.10 bits per heavy atom. The molecule has 8 heteroatoms. The van der Waals surface area contributed by atoms with E-state index in [9.17, 15) is 9.59 Å². The number of hydrogen-bond acceptors (Lipinski definition) is 5. The summed E-state index contributed by atoms with van der Waals surface area (Å²) in [7, 11) is 0. The molecular weight excluding hydrogens is 305 g/mol. The van der Waals surface area contributed by atoms with Crippen molar-refractivity contribution < 1.29 is 14.3 Å². The van der Waals surface area contributed by atoms with Crippen LogP contribution in [-0.4, -0.2) is 47.9 Å². The summed E-state index contributed by atoms with van der Waals surface area (Å²) in [6, 6.07) is 3.13. The number of amides is 1. The maximum Gasteiger partial charge on any atom is 0.325 e. The minimum atomic E-state index is -0.468. The average Bonchev–Trinajstić information content (AvgIpc) is 2.38. The van der Waals surface area contributed by atoms with E-state index in [0.29, 0.717) is 18.7 Å². The predicted octanol–water partition coefficient (Wildman–Crippen LogP) is 0.863. The summed E-state index contributed by atoms with van der Waals surface area (Å²) in [5.41, 5.74) is 0.648. The summed E-state index contributed by atoms with van der Waals surface area (Å²) in [4.78, 5) is 28.4. The van der Waals surface area contributed by atoms with Gasteiger partial charge in [0.1, 0.15) is 23.5 Å². The Balaban J connectivity index is 1.84. The molecule has 1 aliphatic heterocycles. The quantitative estimate of drug-likeness (QED) is 0.659. The highest BCUT2D eigenvalue weighted by Crippen LogP contribution is 2.15. The highest BCUT2D eigenvalue weighted by atomic mass is 35.5. The van der Waals surface area contributed by atoms with Crippen LogP contribution in [0.2, 0.25) is 10.3 Å². The van der Waals surface area contributed by atoms with Crippen molar-refractivity contribution in [1.82, 2.24) is 15.2 Å². The van der Waals surface area contributed by atoms with Gasteiger partial charge in [0.25, 0.3) is 0 Å².